The van der Waals surface area contributed by atoms with Gasteiger partial charge in [0.2, 0.25) is 0 Å². The van der Waals surface area contributed by atoms with Crippen LogP contribution in [0.15, 0.2) is 33.1 Å². The molecule has 1 aliphatic carbocycles. The van der Waals surface area contributed by atoms with Gasteiger partial charge in [0.15, 0.2) is 5.82 Å². The van der Waals surface area contributed by atoms with Crippen LogP contribution < -0.4 is 0 Å². The third-order valence-electron chi connectivity index (χ3n) is 3.92. The topological polar surface area (TPSA) is 75.6 Å². The van der Waals surface area contributed by atoms with Crippen molar-refractivity contribution >= 4 is 23.1 Å². The molecule has 24 heavy (non-hydrogen) atoms. The zero-order valence-electron chi connectivity index (χ0n) is 12.9. The molecule has 0 amide bonds. The summed E-state index contributed by atoms with van der Waals surface area (Å²) in [6.45, 7) is 0. The lowest BCUT2D eigenvalue weighted by Crippen LogP contribution is -2.07. The SMILES string of the molecule is N#Cc1cc2c(nc1SCc1noc(-c3cccs3)n1)CCCC2. The first-order valence-electron chi connectivity index (χ1n) is 7.75. The zero-order valence-corrected chi connectivity index (χ0v) is 14.5. The molecule has 5 nitrogen and oxygen atoms in total. The highest BCUT2D eigenvalue weighted by Gasteiger charge is 2.17. The van der Waals surface area contributed by atoms with Crippen molar-refractivity contribution in [2.45, 2.75) is 36.5 Å². The number of nitriles is 1. The van der Waals surface area contributed by atoms with Crippen molar-refractivity contribution in [3.63, 3.8) is 0 Å². The van der Waals surface area contributed by atoms with Gasteiger partial charge in [-0.3, -0.25) is 0 Å². The minimum Gasteiger partial charge on any atom is -0.333 e. The molecule has 3 aromatic heterocycles. The molecule has 0 saturated heterocycles. The minimum atomic E-state index is 0.537. The number of nitrogens with zero attached hydrogens (tertiary/aromatic N) is 4. The van der Waals surface area contributed by atoms with Crippen LogP contribution in [0.3, 0.4) is 0 Å². The third-order valence-corrected chi connectivity index (χ3v) is 5.77. The van der Waals surface area contributed by atoms with Crippen LogP contribution in [0.4, 0.5) is 0 Å². The lowest BCUT2D eigenvalue weighted by atomic mass is 9.95. The maximum absolute atomic E-state index is 9.39. The smallest absolute Gasteiger partial charge is 0.268 e. The molecule has 120 valence electrons. The molecule has 0 aliphatic heterocycles. The summed E-state index contributed by atoms with van der Waals surface area (Å²) in [4.78, 5) is 10.1. The van der Waals surface area contributed by atoms with Gasteiger partial charge in [0.05, 0.1) is 16.2 Å². The first kappa shape index (κ1) is 15.4. The summed E-state index contributed by atoms with van der Waals surface area (Å²) in [6, 6.07) is 8.17. The van der Waals surface area contributed by atoms with Crippen LogP contribution in [0.25, 0.3) is 10.8 Å². The monoisotopic (exact) mass is 354 g/mol. The van der Waals surface area contributed by atoms with Crippen LogP contribution in [0.1, 0.15) is 35.5 Å². The van der Waals surface area contributed by atoms with Gasteiger partial charge in [-0.15, -0.1) is 11.3 Å². The molecule has 0 N–H and O–H groups in total. The second-order valence-corrected chi connectivity index (χ2v) is 7.46. The standard InChI is InChI=1S/C17H14N4OS2/c18-9-12-8-11-4-1-2-5-13(11)19-17(12)24-10-15-20-16(22-21-15)14-6-3-7-23-14/h3,6-8H,1-2,4-5,10H2. The Morgan fingerprint density at radius 2 is 2.21 bits per heavy atom. The largest absolute Gasteiger partial charge is 0.333 e. The van der Waals surface area contributed by atoms with Crippen molar-refractivity contribution in [3.8, 4) is 16.8 Å². The molecule has 4 rings (SSSR count). The normalized spacial score (nSPS) is 13.5. The average Bonchev–Trinajstić information content (AvgIpc) is 3.30. The van der Waals surface area contributed by atoms with E-state index in [0.717, 1.165) is 28.4 Å². The van der Waals surface area contributed by atoms with Crippen LogP contribution in [0.2, 0.25) is 0 Å². The molecule has 0 unspecified atom stereocenters. The molecule has 7 heteroatoms. The summed E-state index contributed by atoms with van der Waals surface area (Å²) in [7, 11) is 0. The van der Waals surface area contributed by atoms with Gasteiger partial charge in [0.25, 0.3) is 5.89 Å². The molecule has 1 aliphatic rings. The predicted octanol–water partition coefficient (Wildman–Crippen LogP) is 4.24. The fourth-order valence-electron chi connectivity index (χ4n) is 2.75. The summed E-state index contributed by atoms with van der Waals surface area (Å²) >= 11 is 3.06. The summed E-state index contributed by atoms with van der Waals surface area (Å²) in [5.74, 6) is 1.70. The van der Waals surface area contributed by atoms with Gasteiger partial charge >= 0.3 is 0 Å². The molecular weight excluding hydrogens is 340 g/mol. The van der Waals surface area contributed by atoms with Crippen LogP contribution >= 0.6 is 23.1 Å². The van der Waals surface area contributed by atoms with E-state index < -0.39 is 0 Å². The number of hydrogen-bond donors (Lipinski definition) is 0. The molecule has 0 spiro atoms. The Kier molecular flexibility index (Phi) is 4.32. The Hall–Kier alpha value is -2.17. The number of aryl methyl sites for hydroxylation is 2. The Morgan fingerprint density at radius 1 is 1.29 bits per heavy atom. The second-order valence-electron chi connectivity index (χ2n) is 5.55. The Bertz CT molecular complexity index is 896. The van der Waals surface area contributed by atoms with E-state index in [2.05, 4.69) is 16.2 Å². The fraction of sp³-hybridized carbons (Fsp3) is 0.294. The molecule has 0 bridgehead atoms. The van der Waals surface area contributed by atoms with Crippen molar-refractivity contribution < 1.29 is 4.52 Å². The number of thiophene rings is 1. The number of fused-ring (bicyclic) bond motifs is 1. The highest BCUT2D eigenvalue weighted by molar-refractivity contribution is 7.98. The molecule has 0 radical (unpaired) electrons. The maximum atomic E-state index is 9.39. The number of pyridine rings is 1. The minimum absolute atomic E-state index is 0.537. The van der Waals surface area contributed by atoms with Gasteiger partial charge in [0, 0.05) is 5.69 Å². The van der Waals surface area contributed by atoms with Gasteiger partial charge in [-0.25, -0.2) is 4.98 Å². The quantitative estimate of drug-likeness (QED) is 0.652. The van der Waals surface area contributed by atoms with Crippen molar-refractivity contribution in [2.75, 3.05) is 0 Å². The number of thioether (sulfide) groups is 1. The van der Waals surface area contributed by atoms with Crippen molar-refractivity contribution in [3.05, 3.63) is 46.2 Å². The van der Waals surface area contributed by atoms with Crippen LogP contribution in [0.5, 0.6) is 0 Å². The van der Waals surface area contributed by atoms with Crippen molar-refractivity contribution in [2.24, 2.45) is 0 Å². The Balaban J connectivity index is 1.52. The van der Waals surface area contributed by atoms with Gasteiger partial charge in [-0.05, 0) is 48.8 Å². The lowest BCUT2D eigenvalue weighted by molar-refractivity contribution is 0.426. The highest BCUT2D eigenvalue weighted by atomic mass is 32.2. The van der Waals surface area contributed by atoms with Gasteiger partial charge in [-0.2, -0.15) is 10.2 Å². The number of aromatic nitrogens is 3. The molecule has 3 heterocycles. The van der Waals surface area contributed by atoms with E-state index >= 15 is 0 Å². The lowest BCUT2D eigenvalue weighted by Gasteiger charge is -2.16. The average molecular weight is 354 g/mol. The highest BCUT2D eigenvalue weighted by Crippen LogP contribution is 2.29. The van der Waals surface area contributed by atoms with Crippen LogP contribution in [-0.2, 0) is 18.6 Å². The van der Waals surface area contributed by atoms with Crippen LogP contribution in [-0.4, -0.2) is 15.1 Å². The zero-order chi connectivity index (χ0) is 16.4. The summed E-state index contributed by atoms with van der Waals surface area (Å²) in [5, 5.41) is 16.2. The predicted molar refractivity (Wildman–Crippen MR) is 92.8 cm³/mol. The molecule has 3 aromatic rings. The van der Waals surface area contributed by atoms with Gasteiger partial charge < -0.3 is 4.52 Å². The third kappa shape index (κ3) is 3.07. The van der Waals surface area contributed by atoms with E-state index in [1.54, 1.807) is 11.3 Å². The van der Waals surface area contributed by atoms with Crippen LogP contribution in [0, 0.1) is 11.3 Å². The van der Waals surface area contributed by atoms with E-state index in [1.165, 1.54) is 30.2 Å². The number of rotatable bonds is 4. The first-order chi connectivity index (χ1) is 11.8. The maximum Gasteiger partial charge on any atom is 0.268 e. The fourth-order valence-corrected chi connectivity index (χ4v) is 4.21. The van der Waals surface area contributed by atoms with E-state index in [0.29, 0.717) is 23.0 Å². The molecule has 0 saturated carbocycles. The Labute approximate surface area is 147 Å². The molecule has 0 aromatic carbocycles. The first-order valence-corrected chi connectivity index (χ1v) is 9.62. The van der Waals surface area contributed by atoms with Crippen molar-refractivity contribution in [1.29, 1.82) is 5.26 Å². The Morgan fingerprint density at radius 3 is 3.04 bits per heavy atom. The number of hydrogen-bond acceptors (Lipinski definition) is 7. The molecule has 0 fully saturated rings. The second kappa shape index (κ2) is 6.75. The summed E-state index contributed by atoms with van der Waals surface area (Å²) in [6.07, 6.45) is 4.38. The summed E-state index contributed by atoms with van der Waals surface area (Å²) in [5.41, 5.74) is 3.00. The van der Waals surface area contributed by atoms with E-state index in [4.69, 9.17) is 9.51 Å². The summed E-state index contributed by atoms with van der Waals surface area (Å²) < 4.78 is 5.30. The molecule has 0 atom stereocenters. The van der Waals surface area contributed by atoms with E-state index in [-0.39, 0.29) is 0 Å². The van der Waals surface area contributed by atoms with E-state index in [1.807, 2.05) is 23.6 Å². The van der Waals surface area contributed by atoms with Gasteiger partial charge in [0.1, 0.15) is 11.1 Å². The van der Waals surface area contributed by atoms with Crippen molar-refractivity contribution in [1.82, 2.24) is 15.1 Å². The molecular formula is C17H14N4OS2. The van der Waals surface area contributed by atoms with Gasteiger partial charge in [-0.1, -0.05) is 23.0 Å². The van der Waals surface area contributed by atoms with E-state index in [9.17, 15) is 5.26 Å².